The zero-order valence-corrected chi connectivity index (χ0v) is 16.0. The van der Waals surface area contributed by atoms with E-state index in [2.05, 4.69) is 25.2 Å². The summed E-state index contributed by atoms with van der Waals surface area (Å²) in [5.41, 5.74) is 0. The number of allylic oxidation sites excluding steroid dienone is 4. The minimum absolute atomic E-state index is 0.271. The SMILES string of the molecule is CCCCCCCCCCCCCC/C=C/C=C/CCCC(=O)O. The van der Waals surface area contributed by atoms with E-state index in [-0.39, 0.29) is 6.42 Å². The van der Waals surface area contributed by atoms with Gasteiger partial charge in [0, 0.05) is 6.42 Å². The van der Waals surface area contributed by atoms with Gasteiger partial charge in [0.15, 0.2) is 0 Å². The number of rotatable bonds is 18. The lowest BCUT2D eigenvalue weighted by Gasteiger charge is -2.02. The average Bonchev–Trinajstić information content (AvgIpc) is 2.56. The van der Waals surface area contributed by atoms with Gasteiger partial charge in [-0.2, -0.15) is 0 Å². The molecule has 0 aromatic heterocycles. The Morgan fingerprint density at radius 3 is 1.54 bits per heavy atom. The maximum Gasteiger partial charge on any atom is 0.303 e. The average molecular weight is 337 g/mol. The van der Waals surface area contributed by atoms with Crippen molar-refractivity contribution in [3.63, 3.8) is 0 Å². The molecule has 2 nitrogen and oxygen atoms in total. The van der Waals surface area contributed by atoms with Crippen LogP contribution in [0.15, 0.2) is 24.3 Å². The van der Waals surface area contributed by atoms with Crippen molar-refractivity contribution in [2.24, 2.45) is 0 Å². The van der Waals surface area contributed by atoms with Crippen molar-refractivity contribution < 1.29 is 9.90 Å². The van der Waals surface area contributed by atoms with Crippen molar-refractivity contribution in [2.75, 3.05) is 0 Å². The van der Waals surface area contributed by atoms with Crippen LogP contribution < -0.4 is 0 Å². The van der Waals surface area contributed by atoms with Crippen LogP contribution in [0.25, 0.3) is 0 Å². The van der Waals surface area contributed by atoms with E-state index in [4.69, 9.17) is 5.11 Å². The first kappa shape index (κ1) is 22.9. The fraction of sp³-hybridized carbons (Fsp3) is 0.773. The first-order valence-electron chi connectivity index (χ1n) is 10.3. The molecule has 24 heavy (non-hydrogen) atoms. The normalized spacial score (nSPS) is 11.7. The zero-order chi connectivity index (χ0) is 17.7. The predicted octanol–water partition coefficient (Wildman–Crippen LogP) is 7.44. The summed E-state index contributed by atoms with van der Waals surface area (Å²) in [6.07, 6.45) is 28.2. The minimum Gasteiger partial charge on any atom is -0.481 e. The van der Waals surface area contributed by atoms with E-state index in [1.165, 1.54) is 77.0 Å². The van der Waals surface area contributed by atoms with E-state index in [0.717, 1.165) is 19.3 Å². The second-order valence-electron chi connectivity index (χ2n) is 6.82. The lowest BCUT2D eigenvalue weighted by molar-refractivity contribution is -0.137. The monoisotopic (exact) mass is 336 g/mol. The fourth-order valence-corrected chi connectivity index (χ4v) is 2.82. The first-order chi connectivity index (χ1) is 11.8. The number of carboxylic acids is 1. The van der Waals surface area contributed by atoms with Gasteiger partial charge in [0.1, 0.15) is 0 Å². The summed E-state index contributed by atoms with van der Waals surface area (Å²) in [5.74, 6) is -0.703. The largest absolute Gasteiger partial charge is 0.481 e. The fourth-order valence-electron chi connectivity index (χ4n) is 2.82. The topological polar surface area (TPSA) is 37.3 Å². The van der Waals surface area contributed by atoms with Crippen LogP contribution in [0.4, 0.5) is 0 Å². The quantitative estimate of drug-likeness (QED) is 0.208. The van der Waals surface area contributed by atoms with Crippen molar-refractivity contribution >= 4 is 5.97 Å². The molecule has 0 saturated carbocycles. The highest BCUT2D eigenvalue weighted by molar-refractivity contribution is 5.66. The Bertz CT molecular complexity index is 318. The molecule has 0 atom stereocenters. The Labute approximate surface area is 150 Å². The maximum absolute atomic E-state index is 10.3. The molecule has 2 heteroatoms. The molecule has 0 radical (unpaired) electrons. The van der Waals surface area contributed by atoms with Gasteiger partial charge in [-0.15, -0.1) is 0 Å². The number of carbonyl (C=O) groups is 1. The van der Waals surface area contributed by atoms with Crippen LogP contribution in [-0.4, -0.2) is 11.1 Å². The van der Waals surface area contributed by atoms with E-state index in [0.29, 0.717) is 0 Å². The molecule has 0 aromatic carbocycles. The Morgan fingerprint density at radius 1 is 0.667 bits per heavy atom. The highest BCUT2D eigenvalue weighted by atomic mass is 16.4. The van der Waals surface area contributed by atoms with Gasteiger partial charge in [0.25, 0.3) is 0 Å². The Hall–Kier alpha value is -1.05. The van der Waals surface area contributed by atoms with E-state index >= 15 is 0 Å². The van der Waals surface area contributed by atoms with E-state index < -0.39 is 5.97 Å². The second-order valence-corrected chi connectivity index (χ2v) is 6.82. The standard InChI is InChI=1S/C22H40O2/c1-2-3-4-5-6-7-8-9-10-11-12-13-14-15-16-17-18-19-20-21-22(23)24/h15-18H,2-14,19-21H2,1H3,(H,23,24)/b16-15+,18-17+. The molecule has 0 unspecified atom stereocenters. The molecule has 0 aromatic rings. The molecule has 0 heterocycles. The number of hydrogen-bond acceptors (Lipinski definition) is 1. The lowest BCUT2D eigenvalue weighted by atomic mass is 10.0. The summed E-state index contributed by atoms with van der Waals surface area (Å²) in [5, 5.41) is 8.52. The highest BCUT2D eigenvalue weighted by Crippen LogP contribution is 2.12. The molecule has 0 spiro atoms. The molecule has 0 aliphatic carbocycles. The number of hydrogen-bond donors (Lipinski definition) is 1. The van der Waals surface area contributed by atoms with Crippen LogP contribution in [-0.2, 0) is 4.79 Å². The van der Waals surface area contributed by atoms with Gasteiger partial charge in [-0.1, -0.05) is 102 Å². The van der Waals surface area contributed by atoms with Crippen molar-refractivity contribution in [1.29, 1.82) is 0 Å². The summed E-state index contributed by atoms with van der Waals surface area (Å²) in [6, 6.07) is 0. The summed E-state index contributed by atoms with van der Waals surface area (Å²) >= 11 is 0. The van der Waals surface area contributed by atoms with Crippen molar-refractivity contribution in [3.8, 4) is 0 Å². The van der Waals surface area contributed by atoms with Crippen molar-refractivity contribution in [3.05, 3.63) is 24.3 Å². The molecular weight excluding hydrogens is 296 g/mol. The third-order valence-electron chi connectivity index (χ3n) is 4.37. The highest BCUT2D eigenvalue weighted by Gasteiger charge is 1.93. The molecule has 0 aliphatic heterocycles. The van der Waals surface area contributed by atoms with Crippen LogP contribution in [0.3, 0.4) is 0 Å². The van der Waals surface area contributed by atoms with Crippen LogP contribution in [0.1, 0.15) is 110 Å². The van der Waals surface area contributed by atoms with Crippen LogP contribution in [0, 0.1) is 0 Å². The molecule has 0 fully saturated rings. The van der Waals surface area contributed by atoms with Gasteiger partial charge in [-0.25, -0.2) is 0 Å². The van der Waals surface area contributed by atoms with Gasteiger partial charge in [-0.05, 0) is 25.7 Å². The Morgan fingerprint density at radius 2 is 1.08 bits per heavy atom. The number of unbranched alkanes of at least 4 members (excludes halogenated alkanes) is 13. The number of aliphatic carboxylic acids is 1. The van der Waals surface area contributed by atoms with E-state index in [1.807, 2.05) is 6.08 Å². The summed E-state index contributed by atoms with van der Waals surface area (Å²) in [7, 11) is 0. The molecular formula is C22H40O2. The molecule has 0 saturated heterocycles. The third-order valence-corrected chi connectivity index (χ3v) is 4.37. The third kappa shape index (κ3) is 20.9. The second kappa shape index (κ2) is 20.0. The van der Waals surface area contributed by atoms with E-state index in [1.54, 1.807) is 0 Å². The summed E-state index contributed by atoms with van der Waals surface area (Å²) in [6.45, 7) is 2.28. The maximum atomic E-state index is 10.3. The molecule has 140 valence electrons. The van der Waals surface area contributed by atoms with Gasteiger partial charge in [0.05, 0.1) is 0 Å². The Kier molecular flexibility index (Phi) is 19.1. The van der Waals surface area contributed by atoms with Gasteiger partial charge < -0.3 is 5.11 Å². The van der Waals surface area contributed by atoms with Crippen LogP contribution in [0.2, 0.25) is 0 Å². The first-order valence-corrected chi connectivity index (χ1v) is 10.3. The van der Waals surface area contributed by atoms with Gasteiger partial charge in [-0.3, -0.25) is 4.79 Å². The summed E-state index contributed by atoms with van der Waals surface area (Å²) in [4.78, 5) is 10.3. The van der Waals surface area contributed by atoms with Crippen molar-refractivity contribution in [1.82, 2.24) is 0 Å². The smallest absolute Gasteiger partial charge is 0.303 e. The predicted molar refractivity (Wildman–Crippen MR) is 105 cm³/mol. The molecule has 1 N–H and O–H groups in total. The minimum atomic E-state index is -0.703. The zero-order valence-electron chi connectivity index (χ0n) is 16.0. The molecule has 0 aliphatic rings. The van der Waals surface area contributed by atoms with E-state index in [9.17, 15) is 4.79 Å². The molecule has 0 rings (SSSR count). The van der Waals surface area contributed by atoms with Gasteiger partial charge in [0.2, 0.25) is 0 Å². The molecule has 0 amide bonds. The van der Waals surface area contributed by atoms with Crippen LogP contribution in [0.5, 0.6) is 0 Å². The van der Waals surface area contributed by atoms with Gasteiger partial charge >= 0.3 is 5.97 Å². The lowest BCUT2D eigenvalue weighted by Crippen LogP contribution is -1.92. The Balaban J connectivity index is 3.15. The number of carboxylic acid groups (broad SMARTS) is 1. The van der Waals surface area contributed by atoms with Crippen LogP contribution >= 0.6 is 0 Å². The summed E-state index contributed by atoms with van der Waals surface area (Å²) < 4.78 is 0. The molecule has 0 bridgehead atoms. The van der Waals surface area contributed by atoms with Crippen molar-refractivity contribution in [2.45, 2.75) is 110 Å².